The lowest BCUT2D eigenvalue weighted by atomic mass is 10.2. The molecule has 0 unspecified atom stereocenters. The number of aliphatic hydroxyl groups excluding tert-OH is 1. The van der Waals surface area contributed by atoms with Gasteiger partial charge in [0.25, 0.3) is 10.0 Å². The Hall–Kier alpha value is -2.81. The first-order valence-corrected chi connectivity index (χ1v) is 10.7. The average molecular weight is 418 g/mol. The molecule has 0 aliphatic rings. The third-order valence-corrected chi connectivity index (χ3v) is 6.22. The van der Waals surface area contributed by atoms with Crippen molar-refractivity contribution in [3.63, 3.8) is 0 Å². The predicted octanol–water partition coefficient (Wildman–Crippen LogP) is 1.61. The Bertz CT molecular complexity index is 991. The van der Waals surface area contributed by atoms with E-state index in [4.69, 9.17) is 9.15 Å². The van der Waals surface area contributed by atoms with Gasteiger partial charge < -0.3 is 19.6 Å². The minimum Gasteiger partial charge on any atom is -0.495 e. The summed E-state index contributed by atoms with van der Waals surface area (Å²) in [7, 11) is -2.40. The third-order valence-electron chi connectivity index (χ3n) is 4.43. The molecule has 0 saturated carbocycles. The zero-order chi connectivity index (χ0) is 20.7. The lowest BCUT2D eigenvalue weighted by molar-refractivity contribution is -0.677. The smallest absolute Gasteiger partial charge is 0.264 e. The van der Waals surface area contributed by atoms with Crippen molar-refractivity contribution in [1.82, 2.24) is 0 Å². The van der Waals surface area contributed by atoms with E-state index < -0.39 is 16.1 Å². The zero-order valence-electron chi connectivity index (χ0n) is 16.1. The van der Waals surface area contributed by atoms with Crippen LogP contribution in [0.3, 0.4) is 0 Å². The van der Waals surface area contributed by atoms with Gasteiger partial charge in [0, 0.05) is 0 Å². The zero-order valence-corrected chi connectivity index (χ0v) is 17.0. The molecule has 1 heterocycles. The number of anilines is 1. The highest BCUT2D eigenvalue weighted by Gasteiger charge is 2.29. The largest absolute Gasteiger partial charge is 0.495 e. The van der Waals surface area contributed by atoms with Crippen LogP contribution in [0.25, 0.3) is 0 Å². The van der Waals surface area contributed by atoms with Crippen LogP contribution in [0.15, 0.2) is 82.3 Å². The summed E-state index contributed by atoms with van der Waals surface area (Å²) in [6.45, 7) is 0.771. The van der Waals surface area contributed by atoms with Gasteiger partial charge in [0.05, 0.1) is 30.5 Å². The van der Waals surface area contributed by atoms with Crippen LogP contribution in [-0.2, 0) is 16.6 Å². The van der Waals surface area contributed by atoms with Gasteiger partial charge in [-0.2, -0.15) is 0 Å². The normalized spacial score (nSPS) is 12.5. The summed E-state index contributed by atoms with van der Waals surface area (Å²) in [5.74, 6) is 1.20. The molecule has 1 aromatic heterocycles. The highest BCUT2D eigenvalue weighted by Crippen LogP contribution is 2.32. The molecule has 3 N–H and O–H groups in total. The van der Waals surface area contributed by atoms with E-state index in [1.807, 2.05) is 11.4 Å². The van der Waals surface area contributed by atoms with Gasteiger partial charge in [0.15, 0.2) is 5.76 Å². The van der Waals surface area contributed by atoms with E-state index >= 15 is 0 Å². The van der Waals surface area contributed by atoms with Crippen LogP contribution >= 0.6 is 0 Å². The number of para-hydroxylation sites is 2. The van der Waals surface area contributed by atoms with Crippen molar-refractivity contribution in [2.24, 2.45) is 0 Å². The molecule has 0 saturated heterocycles. The van der Waals surface area contributed by atoms with Crippen LogP contribution in [0, 0.1) is 0 Å². The maximum Gasteiger partial charge on any atom is 0.264 e. The van der Waals surface area contributed by atoms with Gasteiger partial charge >= 0.3 is 0 Å². The van der Waals surface area contributed by atoms with Crippen LogP contribution in [0.1, 0.15) is 5.76 Å². The van der Waals surface area contributed by atoms with E-state index in [1.165, 1.54) is 23.5 Å². The van der Waals surface area contributed by atoms with E-state index in [0.29, 0.717) is 24.5 Å². The van der Waals surface area contributed by atoms with Crippen molar-refractivity contribution in [2.45, 2.75) is 17.5 Å². The van der Waals surface area contributed by atoms with E-state index in [0.717, 1.165) is 5.76 Å². The lowest BCUT2D eigenvalue weighted by Crippen LogP contribution is -2.85. The monoisotopic (exact) mass is 417 g/mol. The lowest BCUT2D eigenvalue weighted by Gasteiger charge is -2.27. The van der Waals surface area contributed by atoms with E-state index in [2.05, 4.69) is 0 Å². The molecule has 0 fully saturated rings. The van der Waals surface area contributed by atoms with Gasteiger partial charge in [0.2, 0.25) is 0 Å². The first-order valence-electron chi connectivity index (χ1n) is 9.25. The van der Waals surface area contributed by atoms with Crippen LogP contribution in [0.5, 0.6) is 5.75 Å². The molecule has 2 aromatic carbocycles. The molecule has 0 amide bonds. The summed E-state index contributed by atoms with van der Waals surface area (Å²) in [6, 6.07) is 18.7. The summed E-state index contributed by atoms with van der Waals surface area (Å²) >= 11 is 0. The molecule has 29 heavy (non-hydrogen) atoms. The van der Waals surface area contributed by atoms with Crippen LogP contribution < -0.4 is 14.4 Å². The van der Waals surface area contributed by atoms with Gasteiger partial charge in [0.1, 0.15) is 24.9 Å². The number of benzene rings is 2. The summed E-state index contributed by atoms with van der Waals surface area (Å²) < 4.78 is 38.5. The van der Waals surface area contributed by atoms with Crippen molar-refractivity contribution in [3.05, 3.63) is 78.8 Å². The molecular weight excluding hydrogens is 392 g/mol. The van der Waals surface area contributed by atoms with Crippen molar-refractivity contribution in [2.75, 3.05) is 24.5 Å². The van der Waals surface area contributed by atoms with Crippen molar-refractivity contribution >= 4 is 15.7 Å². The Kier molecular flexibility index (Phi) is 6.92. The Labute approximate surface area is 170 Å². The molecule has 8 heteroatoms. The summed E-state index contributed by atoms with van der Waals surface area (Å²) in [5, 5.41) is 12.4. The molecule has 0 aliphatic carbocycles. The predicted molar refractivity (Wildman–Crippen MR) is 109 cm³/mol. The Morgan fingerprint density at radius 1 is 1.07 bits per heavy atom. The average Bonchev–Trinajstić information content (AvgIpc) is 3.26. The number of hydrogen-bond donors (Lipinski definition) is 2. The van der Waals surface area contributed by atoms with Crippen molar-refractivity contribution in [3.8, 4) is 5.75 Å². The molecule has 0 bridgehead atoms. The second kappa shape index (κ2) is 9.60. The number of ether oxygens (including phenoxy) is 1. The molecule has 3 aromatic rings. The number of nitrogens with two attached hydrogens (primary N) is 1. The van der Waals surface area contributed by atoms with Crippen molar-refractivity contribution < 1.29 is 28.0 Å². The first kappa shape index (κ1) is 20.9. The SMILES string of the molecule is COc1ccccc1N(C[C@H](O)C[NH2+]Cc1ccco1)S(=O)(=O)c1ccccc1. The molecule has 3 rings (SSSR count). The minimum atomic E-state index is -3.89. The third kappa shape index (κ3) is 5.17. The Morgan fingerprint density at radius 3 is 2.48 bits per heavy atom. The summed E-state index contributed by atoms with van der Waals surface area (Å²) in [6.07, 6.45) is 0.698. The van der Waals surface area contributed by atoms with Gasteiger partial charge in [-0.15, -0.1) is 0 Å². The quantitative estimate of drug-likeness (QED) is 0.522. The standard InChI is InChI=1S/C21H24N2O5S/c1-27-21-12-6-5-11-20(21)23(29(25,26)19-9-3-2-4-10-19)16-17(24)14-22-15-18-8-7-13-28-18/h2-13,17,22,24H,14-16H2,1H3/p+1/t17-/m1/s1. The molecule has 154 valence electrons. The summed E-state index contributed by atoms with van der Waals surface area (Å²) in [5.41, 5.74) is 0.379. The highest BCUT2D eigenvalue weighted by atomic mass is 32.2. The fraction of sp³-hybridized carbons (Fsp3) is 0.238. The molecule has 0 aliphatic heterocycles. The number of methoxy groups -OCH3 is 1. The molecule has 1 atom stereocenters. The Morgan fingerprint density at radius 2 is 1.79 bits per heavy atom. The number of quaternary nitrogens is 1. The van der Waals surface area contributed by atoms with Gasteiger partial charge in [-0.1, -0.05) is 30.3 Å². The van der Waals surface area contributed by atoms with Gasteiger partial charge in [-0.25, -0.2) is 8.42 Å². The first-order chi connectivity index (χ1) is 14.0. The van der Waals surface area contributed by atoms with Crippen LogP contribution in [-0.4, -0.2) is 39.8 Å². The number of sulfonamides is 1. The van der Waals surface area contributed by atoms with Crippen molar-refractivity contribution in [1.29, 1.82) is 0 Å². The number of hydrogen-bond acceptors (Lipinski definition) is 5. The fourth-order valence-corrected chi connectivity index (χ4v) is 4.53. The van der Waals surface area contributed by atoms with Gasteiger partial charge in [-0.3, -0.25) is 4.31 Å². The number of rotatable bonds is 10. The van der Waals surface area contributed by atoms with E-state index in [9.17, 15) is 13.5 Å². The van der Waals surface area contributed by atoms with Crippen LogP contribution in [0.2, 0.25) is 0 Å². The van der Waals surface area contributed by atoms with Gasteiger partial charge in [-0.05, 0) is 36.4 Å². The maximum atomic E-state index is 13.3. The molecule has 0 spiro atoms. The van der Waals surface area contributed by atoms with Crippen LogP contribution in [0.4, 0.5) is 5.69 Å². The molecular formula is C21H25N2O5S+. The number of aliphatic hydroxyl groups is 1. The molecule has 7 nitrogen and oxygen atoms in total. The number of nitrogens with zero attached hydrogens (tertiary/aromatic N) is 1. The summed E-state index contributed by atoms with van der Waals surface area (Å²) in [4.78, 5) is 0.151. The highest BCUT2D eigenvalue weighted by molar-refractivity contribution is 7.92. The van der Waals surface area contributed by atoms with E-state index in [1.54, 1.807) is 54.8 Å². The molecule has 0 radical (unpaired) electrons. The second-order valence-electron chi connectivity index (χ2n) is 6.48. The van der Waals surface area contributed by atoms with E-state index in [-0.39, 0.29) is 11.4 Å². The minimum absolute atomic E-state index is 0.105. The second-order valence-corrected chi connectivity index (χ2v) is 8.35. The fourth-order valence-electron chi connectivity index (χ4n) is 2.99. The maximum absolute atomic E-state index is 13.3. The topological polar surface area (TPSA) is 96.6 Å². The Balaban J connectivity index is 1.83. The number of furan rings is 1.